The smallest absolute Gasteiger partial charge is 0.354 e. The lowest BCUT2D eigenvalue weighted by Crippen LogP contribution is -2.03. The summed E-state index contributed by atoms with van der Waals surface area (Å²) in [6.07, 6.45) is 0. The minimum absolute atomic E-state index is 0.0132. The van der Waals surface area contributed by atoms with E-state index in [0.717, 1.165) is 6.07 Å². The van der Waals surface area contributed by atoms with E-state index in [9.17, 15) is 14.9 Å². The molecule has 0 aliphatic carbocycles. The number of carboxylic acids is 1. The monoisotopic (exact) mass is 279 g/mol. The van der Waals surface area contributed by atoms with Crippen LogP contribution in [0.2, 0.25) is 5.15 Å². The van der Waals surface area contributed by atoms with Crippen molar-refractivity contribution in [1.29, 1.82) is 0 Å². The van der Waals surface area contributed by atoms with Gasteiger partial charge in [-0.15, -0.1) is 0 Å². The molecule has 2 aromatic rings. The minimum atomic E-state index is -1.23. The highest BCUT2D eigenvalue weighted by Gasteiger charge is 2.12. The van der Waals surface area contributed by atoms with E-state index in [0.29, 0.717) is 5.56 Å². The average molecular weight is 280 g/mol. The molecule has 0 radical (unpaired) electrons. The summed E-state index contributed by atoms with van der Waals surface area (Å²) in [5.74, 6) is -1.13. The second-order valence-corrected chi connectivity index (χ2v) is 3.90. The zero-order valence-corrected chi connectivity index (χ0v) is 10.0. The number of nitro benzene ring substituents is 1. The molecule has 8 heteroatoms. The van der Waals surface area contributed by atoms with Gasteiger partial charge in [-0.3, -0.25) is 10.1 Å². The number of nitrogens with zero attached hydrogens (tertiary/aromatic N) is 3. The number of carboxylic acid groups (broad SMARTS) is 1. The Morgan fingerprint density at radius 3 is 2.42 bits per heavy atom. The first-order chi connectivity index (χ1) is 8.97. The molecule has 96 valence electrons. The van der Waals surface area contributed by atoms with Crippen LogP contribution in [0.5, 0.6) is 0 Å². The number of rotatable bonds is 3. The largest absolute Gasteiger partial charge is 0.477 e. The molecule has 0 bridgehead atoms. The summed E-state index contributed by atoms with van der Waals surface area (Å²) in [5, 5.41) is 19.4. The van der Waals surface area contributed by atoms with Gasteiger partial charge in [0.2, 0.25) is 0 Å². The fourth-order valence-electron chi connectivity index (χ4n) is 1.39. The van der Waals surface area contributed by atoms with Crippen LogP contribution < -0.4 is 0 Å². The fourth-order valence-corrected chi connectivity index (χ4v) is 1.57. The minimum Gasteiger partial charge on any atom is -0.477 e. The van der Waals surface area contributed by atoms with E-state index in [1.54, 1.807) is 0 Å². The zero-order chi connectivity index (χ0) is 14.0. The average Bonchev–Trinajstić information content (AvgIpc) is 2.38. The van der Waals surface area contributed by atoms with Gasteiger partial charge in [0.1, 0.15) is 5.15 Å². The second kappa shape index (κ2) is 4.99. The van der Waals surface area contributed by atoms with Gasteiger partial charge in [-0.2, -0.15) is 0 Å². The third-order valence-corrected chi connectivity index (χ3v) is 2.44. The first-order valence-corrected chi connectivity index (χ1v) is 5.38. The first-order valence-electron chi connectivity index (χ1n) is 5.00. The number of aromatic nitrogens is 2. The van der Waals surface area contributed by atoms with Gasteiger partial charge < -0.3 is 5.11 Å². The highest BCUT2D eigenvalue weighted by atomic mass is 35.5. The molecule has 0 saturated heterocycles. The van der Waals surface area contributed by atoms with Crippen LogP contribution in [0.3, 0.4) is 0 Å². The number of hydrogen-bond donors (Lipinski definition) is 1. The van der Waals surface area contributed by atoms with Crippen molar-refractivity contribution in [3.63, 3.8) is 0 Å². The molecule has 1 N–H and O–H groups in total. The summed E-state index contributed by atoms with van der Waals surface area (Å²) in [6.45, 7) is 0. The molecule has 2 rings (SSSR count). The molecule has 0 aliphatic heterocycles. The van der Waals surface area contributed by atoms with Gasteiger partial charge >= 0.3 is 5.97 Å². The van der Waals surface area contributed by atoms with Crippen LogP contribution in [-0.4, -0.2) is 26.0 Å². The van der Waals surface area contributed by atoms with E-state index in [4.69, 9.17) is 16.7 Å². The molecule has 0 aliphatic rings. The standard InChI is InChI=1S/C11H6ClN3O4/c12-9-5-8(11(16)17)13-10(14-9)6-1-3-7(4-2-6)15(18)19/h1-5H,(H,16,17). The summed E-state index contributed by atoms with van der Waals surface area (Å²) in [6, 6.07) is 6.53. The Morgan fingerprint density at radius 2 is 1.89 bits per heavy atom. The Bertz CT molecular complexity index is 657. The summed E-state index contributed by atoms with van der Waals surface area (Å²) in [7, 11) is 0. The topological polar surface area (TPSA) is 106 Å². The molecular formula is C11H6ClN3O4. The van der Waals surface area contributed by atoms with Crippen molar-refractivity contribution in [2.45, 2.75) is 0 Å². The number of benzene rings is 1. The van der Waals surface area contributed by atoms with Gasteiger partial charge in [0.05, 0.1) is 4.92 Å². The number of halogens is 1. The van der Waals surface area contributed by atoms with Crippen molar-refractivity contribution in [3.8, 4) is 11.4 Å². The van der Waals surface area contributed by atoms with Crippen molar-refractivity contribution < 1.29 is 14.8 Å². The molecule has 1 aromatic carbocycles. The Hall–Kier alpha value is -2.54. The van der Waals surface area contributed by atoms with Crippen LogP contribution >= 0.6 is 11.6 Å². The van der Waals surface area contributed by atoms with E-state index >= 15 is 0 Å². The van der Waals surface area contributed by atoms with Gasteiger partial charge in [-0.05, 0) is 12.1 Å². The number of carbonyl (C=O) groups is 1. The van der Waals surface area contributed by atoms with Gasteiger partial charge in [0, 0.05) is 23.8 Å². The normalized spacial score (nSPS) is 10.2. The van der Waals surface area contributed by atoms with E-state index in [1.165, 1.54) is 24.3 Å². The predicted octanol–water partition coefficient (Wildman–Crippen LogP) is 2.40. The zero-order valence-electron chi connectivity index (χ0n) is 9.28. The lowest BCUT2D eigenvalue weighted by molar-refractivity contribution is -0.384. The molecule has 0 amide bonds. The maximum atomic E-state index is 10.8. The SMILES string of the molecule is O=C(O)c1cc(Cl)nc(-c2ccc([N+](=O)[O-])cc2)n1. The van der Waals surface area contributed by atoms with Crippen LogP contribution in [0.1, 0.15) is 10.5 Å². The first kappa shape index (κ1) is 12.9. The van der Waals surface area contributed by atoms with Gasteiger partial charge in [-0.25, -0.2) is 14.8 Å². The number of non-ortho nitro benzene ring substituents is 1. The quantitative estimate of drug-likeness (QED) is 0.525. The molecule has 0 saturated carbocycles. The van der Waals surface area contributed by atoms with Crippen molar-refractivity contribution >= 4 is 23.3 Å². The Labute approximate surface area is 111 Å². The van der Waals surface area contributed by atoms with E-state index in [1.807, 2.05) is 0 Å². The number of hydrogen-bond acceptors (Lipinski definition) is 5. The van der Waals surface area contributed by atoms with Crippen LogP contribution in [0, 0.1) is 10.1 Å². The third kappa shape index (κ3) is 2.83. The Morgan fingerprint density at radius 1 is 1.26 bits per heavy atom. The van der Waals surface area contributed by atoms with E-state index in [-0.39, 0.29) is 22.4 Å². The predicted molar refractivity (Wildman–Crippen MR) is 66.1 cm³/mol. The van der Waals surface area contributed by atoms with Crippen molar-refractivity contribution in [3.05, 3.63) is 51.3 Å². The van der Waals surface area contributed by atoms with E-state index in [2.05, 4.69) is 9.97 Å². The molecule has 7 nitrogen and oxygen atoms in total. The highest BCUT2D eigenvalue weighted by molar-refractivity contribution is 6.29. The Balaban J connectivity index is 2.46. The van der Waals surface area contributed by atoms with Crippen LogP contribution in [0.4, 0.5) is 5.69 Å². The molecule has 0 atom stereocenters. The van der Waals surface area contributed by atoms with Crippen LogP contribution in [0.25, 0.3) is 11.4 Å². The molecule has 1 heterocycles. The summed E-state index contributed by atoms with van der Waals surface area (Å²) in [5.41, 5.74) is 0.119. The lowest BCUT2D eigenvalue weighted by Gasteiger charge is -2.02. The van der Waals surface area contributed by atoms with E-state index < -0.39 is 10.9 Å². The molecule has 0 spiro atoms. The fraction of sp³-hybridized carbons (Fsp3) is 0. The number of aromatic carboxylic acids is 1. The summed E-state index contributed by atoms with van der Waals surface area (Å²) in [4.78, 5) is 28.5. The van der Waals surface area contributed by atoms with Crippen LogP contribution in [0.15, 0.2) is 30.3 Å². The van der Waals surface area contributed by atoms with Crippen molar-refractivity contribution in [1.82, 2.24) is 9.97 Å². The lowest BCUT2D eigenvalue weighted by atomic mass is 10.2. The Kier molecular flexibility index (Phi) is 3.39. The molecule has 19 heavy (non-hydrogen) atoms. The van der Waals surface area contributed by atoms with Gasteiger partial charge in [0.25, 0.3) is 5.69 Å². The van der Waals surface area contributed by atoms with Crippen LogP contribution in [-0.2, 0) is 0 Å². The van der Waals surface area contributed by atoms with Gasteiger partial charge in [-0.1, -0.05) is 11.6 Å². The molecule has 0 fully saturated rings. The third-order valence-electron chi connectivity index (χ3n) is 2.25. The second-order valence-electron chi connectivity index (χ2n) is 3.51. The summed E-state index contributed by atoms with van der Waals surface area (Å²) < 4.78 is 0. The maximum absolute atomic E-state index is 10.8. The van der Waals surface area contributed by atoms with Crippen molar-refractivity contribution in [2.75, 3.05) is 0 Å². The van der Waals surface area contributed by atoms with Crippen molar-refractivity contribution in [2.24, 2.45) is 0 Å². The molecule has 0 unspecified atom stereocenters. The summed E-state index contributed by atoms with van der Waals surface area (Å²) >= 11 is 5.70. The van der Waals surface area contributed by atoms with Gasteiger partial charge in [0.15, 0.2) is 11.5 Å². The molecule has 1 aromatic heterocycles. The maximum Gasteiger partial charge on any atom is 0.354 e. The molecular weight excluding hydrogens is 274 g/mol. The number of nitro groups is 1. The highest BCUT2D eigenvalue weighted by Crippen LogP contribution is 2.21.